The van der Waals surface area contributed by atoms with Crippen molar-refractivity contribution in [2.45, 2.75) is 33.0 Å². The highest BCUT2D eigenvalue weighted by molar-refractivity contribution is 7.09. The summed E-state index contributed by atoms with van der Waals surface area (Å²) in [6, 6.07) is 12.6. The molecule has 104 valence electrons. The molecule has 0 aliphatic rings. The molecule has 2 aromatic heterocycles. The number of rotatable bonds is 6. The van der Waals surface area contributed by atoms with Gasteiger partial charge in [0.25, 0.3) is 0 Å². The van der Waals surface area contributed by atoms with Gasteiger partial charge in [-0.1, -0.05) is 25.1 Å². The van der Waals surface area contributed by atoms with Crippen molar-refractivity contribution in [1.29, 1.82) is 0 Å². The molecule has 1 aromatic carbocycles. The molecule has 0 aliphatic carbocycles. The van der Waals surface area contributed by atoms with E-state index in [2.05, 4.69) is 58.6 Å². The molecule has 0 bridgehead atoms. The number of aryl methyl sites for hydroxylation is 1. The van der Waals surface area contributed by atoms with Crippen LogP contribution in [0.4, 0.5) is 0 Å². The molecule has 2 heterocycles. The molecule has 0 fully saturated rings. The maximum absolute atomic E-state index is 4.75. The van der Waals surface area contributed by atoms with Gasteiger partial charge < -0.3 is 9.88 Å². The Labute approximate surface area is 123 Å². The number of nitrogens with zero attached hydrogens (tertiary/aromatic N) is 2. The maximum atomic E-state index is 4.75. The van der Waals surface area contributed by atoms with Crippen LogP contribution in [0.25, 0.3) is 11.0 Å². The summed E-state index contributed by atoms with van der Waals surface area (Å²) in [5, 5.41) is 5.61. The van der Waals surface area contributed by atoms with E-state index in [0.29, 0.717) is 0 Å². The highest BCUT2D eigenvalue weighted by Gasteiger charge is 2.09. The molecule has 4 heteroatoms. The number of thiophene rings is 1. The van der Waals surface area contributed by atoms with E-state index < -0.39 is 0 Å². The number of hydrogen-bond donors (Lipinski definition) is 1. The third-order valence-corrected chi connectivity index (χ3v) is 4.22. The standard InChI is InChI=1S/C16H19N3S/c1-2-9-19-15-8-4-3-7-14(15)18-16(19)12-17-11-13-6-5-10-20-13/h3-8,10,17H,2,9,11-12H2,1H3. The summed E-state index contributed by atoms with van der Waals surface area (Å²) in [6.07, 6.45) is 1.12. The quantitative estimate of drug-likeness (QED) is 0.746. The minimum absolute atomic E-state index is 0.812. The Balaban J connectivity index is 1.77. The lowest BCUT2D eigenvalue weighted by molar-refractivity contribution is 0.600. The zero-order valence-electron chi connectivity index (χ0n) is 11.7. The zero-order valence-corrected chi connectivity index (χ0v) is 12.5. The summed E-state index contributed by atoms with van der Waals surface area (Å²) in [4.78, 5) is 6.12. The second kappa shape index (κ2) is 6.20. The van der Waals surface area contributed by atoms with Gasteiger partial charge in [-0.2, -0.15) is 0 Å². The van der Waals surface area contributed by atoms with Gasteiger partial charge in [-0.05, 0) is 30.0 Å². The highest BCUT2D eigenvalue weighted by atomic mass is 32.1. The largest absolute Gasteiger partial charge is 0.327 e. The Kier molecular flexibility index (Phi) is 4.14. The van der Waals surface area contributed by atoms with Crippen molar-refractivity contribution in [3.05, 3.63) is 52.5 Å². The SMILES string of the molecule is CCCn1c(CNCc2cccs2)nc2ccccc21. The lowest BCUT2D eigenvalue weighted by Gasteiger charge is -2.08. The van der Waals surface area contributed by atoms with E-state index in [4.69, 9.17) is 4.98 Å². The minimum atomic E-state index is 0.812. The number of imidazole rings is 1. The van der Waals surface area contributed by atoms with Crippen LogP contribution in [0.1, 0.15) is 24.0 Å². The highest BCUT2D eigenvalue weighted by Crippen LogP contribution is 2.16. The summed E-state index contributed by atoms with van der Waals surface area (Å²) in [5.74, 6) is 1.13. The Morgan fingerprint density at radius 1 is 1.15 bits per heavy atom. The van der Waals surface area contributed by atoms with Crippen molar-refractivity contribution in [1.82, 2.24) is 14.9 Å². The van der Waals surface area contributed by atoms with E-state index in [0.717, 1.165) is 37.4 Å². The average Bonchev–Trinajstić information content (AvgIpc) is 3.08. The Morgan fingerprint density at radius 2 is 2.05 bits per heavy atom. The number of para-hydroxylation sites is 2. The van der Waals surface area contributed by atoms with Crippen molar-refractivity contribution in [3.8, 4) is 0 Å². The van der Waals surface area contributed by atoms with Crippen molar-refractivity contribution in [3.63, 3.8) is 0 Å². The molecule has 0 atom stereocenters. The topological polar surface area (TPSA) is 29.9 Å². The molecule has 1 N–H and O–H groups in total. The average molecular weight is 285 g/mol. The van der Waals surface area contributed by atoms with Crippen molar-refractivity contribution >= 4 is 22.4 Å². The number of fused-ring (bicyclic) bond motifs is 1. The van der Waals surface area contributed by atoms with Gasteiger partial charge in [0.15, 0.2) is 0 Å². The molecule has 0 unspecified atom stereocenters. The molecular formula is C16H19N3S. The first kappa shape index (κ1) is 13.3. The summed E-state index contributed by atoms with van der Waals surface area (Å²) >= 11 is 1.79. The molecule has 0 saturated carbocycles. The molecule has 3 nitrogen and oxygen atoms in total. The first-order valence-electron chi connectivity index (χ1n) is 7.05. The van der Waals surface area contributed by atoms with Gasteiger partial charge in [0.1, 0.15) is 5.82 Å². The molecule has 0 aliphatic heterocycles. The van der Waals surface area contributed by atoms with Crippen molar-refractivity contribution in [2.24, 2.45) is 0 Å². The molecule has 0 spiro atoms. The fourth-order valence-electron chi connectivity index (χ4n) is 2.44. The lowest BCUT2D eigenvalue weighted by Crippen LogP contribution is -2.16. The molecule has 0 amide bonds. The van der Waals surface area contributed by atoms with Crippen LogP contribution in [0.5, 0.6) is 0 Å². The van der Waals surface area contributed by atoms with Crippen molar-refractivity contribution < 1.29 is 0 Å². The molecule has 3 aromatic rings. The van der Waals surface area contributed by atoms with Gasteiger partial charge in [0.05, 0.1) is 17.6 Å². The molecule has 20 heavy (non-hydrogen) atoms. The molecule has 3 rings (SSSR count). The third kappa shape index (κ3) is 2.76. The predicted molar refractivity (Wildman–Crippen MR) is 84.9 cm³/mol. The van der Waals surface area contributed by atoms with E-state index in [-0.39, 0.29) is 0 Å². The van der Waals surface area contributed by atoms with Crippen molar-refractivity contribution in [2.75, 3.05) is 0 Å². The van der Waals surface area contributed by atoms with Gasteiger partial charge in [-0.15, -0.1) is 11.3 Å². The fraction of sp³-hybridized carbons (Fsp3) is 0.312. The van der Waals surface area contributed by atoms with Crippen LogP contribution >= 0.6 is 11.3 Å². The van der Waals surface area contributed by atoms with Crippen LogP contribution in [0.3, 0.4) is 0 Å². The Bertz CT molecular complexity index is 670. The van der Waals surface area contributed by atoms with Gasteiger partial charge in [-0.3, -0.25) is 0 Å². The molecule has 0 radical (unpaired) electrons. The van der Waals surface area contributed by atoms with E-state index in [1.54, 1.807) is 11.3 Å². The first-order valence-corrected chi connectivity index (χ1v) is 7.93. The summed E-state index contributed by atoms with van der Waals surface area (Å²) in [6.45, 7) is 4.95. The summed E-state index contributed by atoms with van der Waals surface area (Å²) < 4.78 is 2.33. The minimum Gasteiger partial charge on any atom is -0.327 e. The lowest BCUT2D eigenvalue weighted by atomic mass is 10.3. The van der Waals surface area contributed by atoms with Gasteiger partial charge in [-0.25, -0.2) is 4.98 Å². The zero-order chi connectivity index (χ0) is 13.8. The molecule has 0 saturated heterocycles. The van der Waals surface area contributed by atoms with Crippen LogP contribution in [0.2, 0.25) is 0 Å². The monoisotopic (exact) mass is 285 g/mol. The smallest absolute Gasteiger partial charge is 0.123 e. The van der Waals surface area contributed by atoms with Crippen LogP contribution < -0.4 is 5.32 Å². The second-order valence-electron chi connectivity index (χ2n) is 4.85. The van der Waals surface area contributed by atoms with E-state index in [9.17, 15) is 0 Å². The fourth-order valence-corrected chi connectivity index (χ4v) is 3.12. The number of nitrogens with one attached hydrogen (secondary N) is 1. The Hall–Kier alpha value is -1.65. The normalized spacial score (nSPS) is 11.2. The van der Waals surface area contributed by atoms with E-state index in [1.165, 1.54) is 10.4 Å². The van der Waals surface area contributed by atoms with Gasteiger partial charge >= 0.3 is 0 Å². The Morgan fingerprint density at radius 3 is 2.85 bits per heavy atom. The third-order valence-electron chi connectivity index (χ3n) is 3.34. The maximum Gasteiger partial charge on any atom is 0.123 e. The van der Waals surface area contributed by atoms with E-state index in [1.807, 2.05) is 0 Å². The number of benzene rings is 1. The predicted octanol–water partition coefficient (Wildman–Crippen LogP) is 3.80. The van der Waals surface area contributed by atoms with Crippen LogP contribution in [-0.4, -0.2) is 9.55 Å². The van der Waals surface area contributed by atoms with E-state index >= 15 is 0 Å². The summed E-state index contributed by atoms with van der Waals surface area (Å²) in [5.41, 5.74) is 2.33. The number of hydrogen-bond acceptors (Lipinski definition) is 3. The van der Waals surface area contributed by atoms with Gasteiger partial charge in [0, 0.05) is 18.0 Å². The van der Waals surface area contributed by atoms with Gasteiger partial charge in [0.2, 0.25) is 0 Å². The van der Waals surface area contributed by atoms with Crippen LogP contribution in [0, 0.1) is 0 Å². The molecular weight excluding hydrogens is 266 g/mol. The summed E-state index contributed by atoms with van der Waals surface area (Å²) in [7, 11) is 0. The van der Waals surface area contributed by atoms with Crippen LogP contribution in [-0.2, 0) is 19.6 Å². The number of aromatic nitrogens is 2. The van der Waals surface area contributed by atoms with Crippen LogP contribution in [0.15, 0.2) is 41.8 Å². The first-order chi connectivity index (χ1) is 9.88. The second-order valence-corrected chi connectivity index (χ2v) is 5.88.